The molecular formula is C34H44F3N7O4. The van der Waals surface area contributed by atoms with Crippen molar-refractivity contribution in [3.05, 3.63) is 47.3 Å². The summed E-state index contributed by atoms with van der Waals surface area (Å²) in [4.78, 5) is 50.3. The van der Waals surface area contributed by atoms with Gasteiger partial charge in [0, 0.05) is 31.7 Å². The molecule has 2 saturated heterocycles. The van der Waals surface area contributed by atoms with Gasteiger partial charge in [-0.25, -0.2) is 22.9 Å². The van der Waals surface area contributed by atoms with Gasteiger partial charge < -0.3 is 24.8 Å². The van der Waals surface area contributed by atoms with Crippen LogP contribution in [0.3, 0.4) is 0 Å². The Morgan fingerprint density at radius 3 is 2.44 bits per heavy atom. The largest absolute Gasteiger partial charge is 0.444 e. The van der Waals surface area contributed by atoms with Crippen LogP contribution in [0.2, 0.25) is 0 Å². The molecule has 1 aliphatic carbocycles. The van der Waals surface area contributed by atoms with Crippen molar-refractivity contribution in [1.29, 1.82) is 0 Å². The maximum Gasteiger partial charge on any atom is 0.410 e. The Hall–Kier alpha value is -4.10. The summed E-state index contributed by atoms with van der Waals surface area (Å²) in [5.41, 5.74) is 0.240. The van der Waals surface area contributed by atoms with E-state index in [0.29, 0.717) is 29.5 Å². The molecule has 260 valence electrons. The number of carbonyl (C=O) groups is 3. The molecule has 14 heteroatoms. The standard InChI is InChI=1S/C34H44F3N7O4/c1-6-44-25(13-14-38-44)30(45)41-27(20-9-7-19(2)8-10-20)29-39-24-12-11-21(26(35)28(24)40-29)22-15-42(32(47)48-33(3,4)5)16-23(22)31(46)43-17-34(36,37)18-43/h11-14,19-20,22-23,27H,6-10,15-18H2,1-5H3,(H,39,40)(H,41,45)/t19?,20?,22?,23?,27-/m0/s1. The number of nitrogens with one attached hydrogen (secondary N) is 2. The first-order chi connectivity index (χ1) is 22.6. The van der Waals surface area contributed by atoms with Gasteiger partial charge in [-0.3, -0.25) is 14.3 Å². The van der Waals surface area contributed by atoms with E-state index in [-0.39, 0.29) is 36.0 Å². The number of halogens is 3. The number of aromatic nitrogens is 4. The van der Waals surface area contributed by atoms with Gasteiger partial charge in [0.1, 0.15) is 22.6 Å². The molecule has 3 atom stereocenters. The lowest BCUT2D eigenvalue weighted by Crippen LogP contribution is -2.60. The minimum absolute atomic E-state index is 0.0285. The van der Waals surface area contributed by atoms with Crippen LogP contribution in [0.1, 0.15) is 94.1 Å². The number of aryl methyl sites for hydroxylation is 1. The second kappa shape index (κ2) is 12.7. The van der Waals surface area contributed by atoms with Gasteiger partial charge in [-0.05, 0) is 70.1 Å². The Labute approximate surface area is 277 Å². The summed E-state index contributed by atoms with van der Waals surface area (Å²) in [6.45, 7) is 8.24. The minimum atomic E-state index is -2.97. The third-order valence-corrected chi connectivity index (χ3v) is 9.85. The molecule has 4 heterocycles. The fourth-order valence-corrected chi connectivity index (χ4v) is 7.28. The number of hydrogen-bond donors (Lipinski definition) is 2. The second-order valence-electron chi connectivity index (χ2n) is 14.6. The lowest BCUT2D eigenvalue weighted by molar-refractivity contribution is -0.169. The molecule has 1 aromatic carbocycles. The van der Waals surface area contributed by atoms with E-state index in [1.54, 1.807) is 49.8 Å². The normalized spacial score (nSPS) is 24.8. The summed E-state index contributed by atoms with van der Waals surface area (Å²) >= 11 is 0. The van der Waals surface area contributed by atoms with Crippen LogP contribution < -0.4 is 5.32 Å². The monoisotopic (exact) mass is 671 g/mol. The number of amides is 3. The number of rotatable bonds is 7. The summed E-state index contributed by atoms with van der Waals surface area (Å²) in [5, 5.41) is 7.37. The number of carbonyl (C=O) groups excluding carboxylic acids is 3. The first-order valence-electron chi connectivity index (χ1n) is 16.8. The van der Waals surface area contributed by atoms with E-state index in [9.17, 15) is 23.2 Å². The smallest absolute Gasteiger partial charge is 0.410 e. The van der Waals surface area contributed by atoms with E-state index in [2.05, 4.69) is 22.3 Å². The van der Waals surface area contributed by atoms with Crippen LogP contribution in [0, 0.1) is 23.6 Å². The number of imidazole rings is 1. The van der Waals surface area contributed by atoms with E-state index in [1.165, 1.54) is 4.90 Å². The van der Waals surface area contributed by atoms with Crippen LogP contribution in [0.4, 0.5) is 18.0 Å². The molecule has 3 aliphatic rings. The van der Waals surface area contributed by atoms with Crippen LogP contribution in [0.5, 0.6) is 0 Å². The molecule has 2 N–H and O–H groups in total. The lowest BCUT2D eigenvalue weighted by Gasteiger charge is -2.40. The highest BCUT2D eigenvalue weighted by Crippen LogP contribution is 2.41. The van der Waals surface area contributed by atoms with Crippen molar-refractivity contribution in [2.24, 2.45) is 17.8 Å². The Morgan fingerprint density at radius 2 is 1.79 bits per heavy atom. The zero-order chi connectivity index (χ0) is 34.5. The number of fused-ring (bicyclic) bond motifs is 1. The van der Waals surface area contributed by atoms with Crippen molar-refractivity contribution in [2.75, 3.05) is 26.2 Å². The van der Waals surface area contributed by atoms with E-state index in [4.69, 9.17) is 9.72 Å². The van der Waals surface area contributed by atoms with Gasteiger partial charge in [-0.2, -0.15) is 5.10 Å². The number of H-pyrrole nitrogens is 1. The first-order valence-corrected chi connectivity index (χ1v) is 16.8. The van der Waals surface area contributed by atoms with E-state index in [1.807, 2.05) is 6.92 Å². The molecule has 48 heavy (non-hydrogen) atoms. The fourth-order valence-electron chi connectivity index (χ4n) is 7.28. The summed E-state index contributed by atoms with van der Waals surface area (Å²) in [6.07, 6.45) is 4.64. The van der Waals surface area contributed by atoms with Gasteiger partial charge in [0.05, 0.1) is 30.6 Å². The predicted molar refractivity (Wildman–Crippen MR) is 171 cm³/mol. The highest BCUT2D eigenvalue weighted by Gasteiger charge is 2.51. The highest BCUT2D eigenvalue weighted by molar-refractivity contribution is 5.92. The number of ether oxygens (including phenoxy) is 1. The van der Waals surface area contributed by atoms with Gasteiger partial charge in [0.15, 0.2) is 5.82 Å². The predicted octanol–water partition coefficient (Wildman–Crippen LogP) is 5.64. The second-order valence-corrected chi connectivity index (χ2v) is 14.6. The van der Waals surface area contributed by atoms with Crippen molar-refractivity contribution in [3.8, 4) is 0 Å². The number of alkyl halides is 2. The van der Waals surface area contributed by atoms with Crippen molar-refractivity contribution < 1.29 is 32.3 Å². The Bertz CT molecular complexity index is 1680. The summed E-state index contributed by atoms with van der Waals surface area (Å²) in [5.74, 6) is -5.18. The molecule has 2 aromatic heterocycles. The quantitative estimate of drug-likeness (QED) is 0.335. The number of aromatic amines is 1. The van der Waals surface area contributed by atoms with Crippen molar-refractivity contribution in [3.63, 3.8) is 0 Å². The van der Waals surface area contributed by atoms with Crippen molar-refractivity contribution in [1.82, 2.24) is 34.9 Å². The highest BCUT2D eigenvalue weighted by atomic mass is 19.3. The number of hydrogen-bond acceptors (Lipinski definition) is 6. The number of benzene rings is 1. The maximum absolute atomic E-state index is 16.6. The van der Waals surface area contributed by atoms with Crippen LogP contribution in [-0.4, -0.2) is 85.2 Å². The molecule has 2 unspecified atom stereocenters. The van der Waals surface area contributed by atoms with Gasteiger partial charge in [0.25, 0.3) is 11.8 Å². The Balaban J connectivity index is 1.33. The average molecular weight is 672 g/mol. The first kappa shape index (κ1) is 33.8. The third-order valence-electron chi connectivity index (χ3n) is 9.85. The molecular weight excluding hydrogens is 627 g/mol. The summed E-state index contributed by atoms with van der Waals surface area (Å²) < 4.78 is 51.2. The summed E-state index contributed by atoms with van der Waals surface area (Å²) in [6, 6.07) is 4.37. The average Bonchev–Trinajstić information content (AvgIpc) is 3.77. The van der Waals surface area contributed by atoms with Gasteiger partial charge >= 0.3 is 6.09 Å². The third kappa shape index (κ3) is 6.75. The molecule has 0 spiro atoms. The lowest BCUT2D eigenvalue weighted by atomic mass is 9.79. The van der Waals surface area contributed by atoms with Gasteiger partial charge in [-0.15, -0.1) is 0 Å². The summed E-state index contributed by atoms with van der Waals surface area (Å²) in [7, 11) is 0. The van der Waals surface area contributed by atoms with E-state index < -0.39 is 60.3 Å². The molecule has 6 rings (SSSR count). The van der Waals surface area contributed by atoms with Gasteiger partial charge in [0.2, 0.25) is 5.91 Å². The number of likely N-dealkylation sites (tertiary alicyclic amines) is 2. The van der Waals surface area contributed by atoms with Crippen LogP contribution in [-0.2, 0) is 16.1 Å². The number of nitrogens with zero attached hydrogens (tertiary/aromatic N) is 5. The zero-order valence-corrected chi connectivity index (χ0v) is 28.1. The molecule has 2 aliphatic heterocycles. The Morgan fingerprint density at radius 1 is 1.08 bits per heavy atom. The topological polar surface area (TPSA) is 125 Å². The van der Waals surface area contributed by atoms with E-state index >= 15 is 4.39 Å². The SMILES string of the molecule is CCn1nccc1C(=O)N[C@H](c1nc2c(F)c(C3CN(C(=O)OC(C)(C)C)CC3C(=O)N3CC(F)(F)C3)ccc2[nH]1)C1CCC(C)CC1. The molecule has 0 bridgehead atoms. The van der Waals surface area contributed by atoms with Crippen LogP contribution in [0.15, 0.2) is 24.4 Å². The van der Waals surface area contributed by atoms with E-state index in [0.717, 1.165) is 30.6 Å². The maximum atomic E-state index is 16.6. The minimum Gasteiger partial charge on any atom is -0.444 e. The molecule has 3 fully saturated rings. The molecule has 11 nitrogen and oxygen atoms in total. The Kier molecular flexibility index (Phi) is 8.97. The molecule has 3 amide bonds. The molecule has 0 radical (unpaired) electrons. The molecule has 1 saturated carbocycles. The zero-order valence-electron chi connectivity index (χ0n) is 28.1. The van der Waals surface area contributed by atoms with Crippen LogP contribution >= 0.6 is 0 Å². The fraction of sp³-hybridized carbons (Fsp3) is 0.618. The molecule has 3 aromatic rings. The van der Waals surface area contributed by atoms with Crippen LogP contribution in [0.25, 0.3) is 11.0 Å². The van der Waals surface area contributed by atoms with Gasteiger partial charge in [-0.1, -0.05) is 25.8 Å². The van der Waals surface area contributed by atoms with Crippen molar-refractivity contribution >= 4 is 28.9 Å². The van der Waals surface area contributed by atoms with Crippen molar-refractivity contribution in [2.45, 2.75) is 90.3 Å².